The van der Waals surface area contributed by atoms with Gasteiger partial charge in [0, 0.05) is 12.7 Å². The van der Waals surface area contributed by atoms with Crippen molar-refractivity contribution in [3.63, 3.8) is 0 Å². The van der Waals surface area contributed by atoms with Crippen molar-refractivity contribution in [3.05, 3.63) is 23.7 Å². The lowest BCUT2D eigenvalue weighted by atomic mass is 10.2. The number of ether oxygens (including phenoxy) is 2. The van der Waals surface area contributed by atoms with E-state index in [1.165, 1.54) is 19.6 Å². The summed E-state index contributed by atoms with van der Waals surface area (Å²) < 4.78 is 14.2. The van der Waals surface area contributed by atoms with Crippen LogP contribution in [-0.4, -0.2) is 20.2 Å². The zero-order valence-corrected chi connectivity index (χ0v) is 6.99. The lowest BCUT2D eigenvalue weighted by molar-refractivity contribution is 0.0595. The van der Waals surface area contributed by atoms with Gasteiger partial charge in [-0.2, -0.15) is 0 Å². The largest absolute Gasteiger partial charge is 0.471 e. The molecule has 0 N–H and O–H groups in total. The smallest absolute Gasteiger partial charge is 0.341 e. The molecular weight excluding hydrogens is 160 g/mol. The summed E-state index contributed by atoms with van der Waals surface area (Å²) in [6.07, 6.45) is 2.82. The third-order valence-electron chi connectivity index (χ3n) is 1.45. The summed E-state index contributed by atoms with van der Waals surface area (Å²) in [5.74, 6) is -0.407. The fraction of sp³-hybridized carbons (Fsp3) is 0.375. The van der Waals surface area contributed by atoms with Crippen LogP contribution in [0.3, 0.4) is 0 Å². The first-order valence-electron chi connectivity index (χ1n) is 3.42. The summed E-state index contributed by atoms with van der Waals surface area (Å²) in [6, 6.07) is 0. The van der Waals surface area contributed by atoms with Gasteiger partial charge in [-0.1, -0.05) is 0 Å². The SMILES string of the molecule is COCc1cocc1C(=O)OC. The van der Waals surface area contributed by atoms with E-state index in [9.17, 15) is 4.79 Å². The van der Waals surface area contributed by atoms with Crippen LogP contribution >= 0.6 is 0 Å². The van der Waals surface area contributed by atoms with Gasteiger partial charge >= 0.3 is 5.97 Å². The molecule has 0 saturated carbocycles. The van der Waals surface area contributed by atoms with E-state index in [2.05, 4.69) is 4.74 Å². The summed E-state index contributed by atoms with van der Waals surface area (Å²) >= 11 is 0. The number of carbonyl (C=O) groups excluding carboxylic acids is 1. The maximum Gasteiger partial charge on any atom is 0.341 e. The van der Waals surface area contributed by atoms with Gasteiger partial charge in [-0.3, -0.25) is 0 Å². The molecule has 1 aromatic heterocycles. The molecule has 0 aliphatic carbocycles. The molecule has 0 saturated heterocycles. The van der Waals surface area contributed by atoms with Crippen LogP contribution in [0.15, 0.2) is 16.9 Å². The third kappa shape index (κ3) is 1.65. The minimum absolute atomic E-state index is 0.348. The zero-order valence-electron chi connectivity index (χ0n) is 6.99. The average Bonchev–Trinajstić information content (AvgIpc) is 2.52. The van der Waals surface area contributed by atoms with Crippen molar-refractivity contribution in [1.29, 1.82) is 0 Å². The van der Waals surface area contributed by atoms with Gasteiger partial charge < -0.3 is 13.9 Å². The number of esters is 1. The molecular formula is C8H10O4. The van der Waals surface area contributed by atoms with Gasteiger partial charge in [-0.05, 0) is 0 Å². The molecule has 0 bridgehead atoms. The predicted molar refractivity (Wildman–Crippen MR) is 40.8 cm³/mol. The Bertz CT molecular complexity index is 264. The van der Waals surface area contributed by atoms with Crippen molar-refractivity contribution >= 4 is 5.97 Å². The highest BCUT2D eigenvalue weighted by Crippen LogP contribution is 2.12. The Kier molecular flexibility index (Phi) is 2.88. The molecule has 1 aromatic rings. The van der Waals surface area contributed by atoms with Crippen molar-refractivity contribution in [2.24, 2.45) is 0 Å². The number of hydrogen-bond acceptors (Lipinski definition) is 4. The Labute approximate surface area is 70.1 Å². The van der Waals surface area contributed by atoms with E-state index in [-0.39, 0.29) is 0 Å². The summed E-state index contributed by atoms with van der Waals surface area (Å²) in [5, 5.41) is 0. The lowest BCUT2D eigenvalue weighted by Crippen LogP contribution is -2.03. The summed E-state index contributed by atoms with van der Waals surface area (Å²) in [4.78, 5) is 11.0. The third-order valence-corrected chi connectivity index (χ3v) is 1.45. The molecule has 0 unspecified atom stereocenters. The van der Waals surface area contributed by atoms with Crippen LogP contribution in [-0.2, 0) is 16.1 Å². The minimum atomic E-state index is -0.407. The zero-order chi connectivity index (χ0) is 8.97. The van der Waals surface area contributed by atoms with Crippen molar-refractivity contribution in [1.82, 2.24) is 0 Å². The van der Waals surface area contributed by atoms with E-state index in [1.54, 1.807) is 7.11 Å². The van der Waals surface area contributed by atoms with Crippen LogP contribution in [0.2, 0.25) is 0 Å². The van der Waals surface area contributed by atoms with Crippen LogP contribution in [0.1, 0.15) is 15.9 Å². The van der Waals surface area contributed by atoms with E-state index < -0.39 is 5.97 Å². The molecule has 0 aromatic carbocycles. The first kappa shape index (κ1) is 8.80. The van der Waals surface area contributed by atoms with E-state index in [0.29, 0.717) is 17.7 Å². The van der Waals surface area contributed by atoms with Crippen molar-refractivity contribution < 1.29 is 18.7 Å². The highest BCUT2D eigenvalue weighted by molar-refractivity contribution is 5.90. The molecule has 0 aliphatic rings. The van der Waals surface area contributed by atoms with Gasteiger partial charge in [-0.25, -0.2) is 4.79 Å². The summed E-state index contributed by atoms with van der Waals surface area (Å²) in [5.41, 5.74) is 1.11. The van der Waals surface area contributed by atoms with Gasteiger partial charge in [-0.15, -0.1) is 0 Å². The van der Waals surface area contributed by atoms with Gasteiger partial charge in [0.05, 0.1) is 20.0 Å². The molecule has 0 fully saturated rings. The van der Waals surface area contributed by atoms with E-state index in [1.807, 2.05) is 0 Å². The van der Waals surface area contributed by atoms with Crippen LogP contribution in [0.4, 0.5) is 0 Å². The average molecular weight is 170 g/mol. The number of hydrogen-bond donors (Lipinski definition) is 0. The number of methoxy groups -OCH3 is 2. The first-order chi connectivity index (χ1) is 5.79. The van der Waals surface area contributed by atoms with Crippen LogP contribution in [0, 0.1) is 0 Å². The molecule has 4 nitrogen and oxygen atoms in total. The quantitative estimate of drug-likeness (QED) is 0.640. The summed E-state index contributed by atoms with van der Waals surface area (Å²) in [7, 11) is 2.87. The predicted octanol–water partition coefficient (Wildman–Crippen LogP) is 1.21. The minimum Gasteiger partial charge on any atom is -0.471 e. The van der Waals surface area contributed by atoms with Crippen molar-refractivity contribution in [3.8, 4) is 0 Å². The molecule has 0 aliphatic heterocycles. The second-order valence-corrected chi connectivity index (χ2v) is 2.24. The van der Waals surface area contributed by atoms with Crippen LogP contribution in [0.25, 0.3) is 0 Å². The fourth-order valence-corrected chi connectivity index (χ4v) is 0.880. The Hall–Kier alpha value is -1.29. The highest BCUT2D eigenvalue weighted by Gasteiger charge is 2.13. The van der Waals surface area contributed by atoms with Gasteiger partial charge in [0.15, 0.2) is 0 Å². The molecule has 0 amide bonds. The molecule has 0 atom stereocenters. The second-order valence-electron chi connectivity index (χ2n) is 2.24. The van der Waals surface area contributed by atoms with E-state index in [0.717, 1.165) is 0 Å². The Morgan fingerprint density at radius 1 is 1.50 bits per heavy atom. The topological polar surface area (TPSA) is 48.7 Å². The molecule has 0 spiro atoms. The van der Waals surface area contributed by atoms with E-state index >= 15 is 0 Å². The van der Waals surface area contributed by atoms with Gasteiger partial charge in [0.1, 0.15) is 11.8 Å². The number of furan rings is 1. The van der Waals surface area contributed by atoms with Gasteiger partial charge in [0.2, 0.25) is 0 Å². The summed E-state index contributed by atoms with van der Waals surface area (Å²) in [6.45, 7) is 0.348. The van der Waals surface area contributed by atoms with Crippen LogP contribution < -0.4 is 0 Å². The highest BCUT2D eigenvalue weighted by atomic mass is 16.5. The Morgan fingerprint density at radius 3 is 2.83 bits per heavy atom. The Balaban J connectivity index is 2.83. The maximum absolute atomic E-state index is 11.0. The normalized spacial score (nSPS) is 9.83. The molecule has 1 heterocycles. The van der Waals surface area contributed by atoms with Crippen LogP contribution in [0.5, 0.6) is 0 Å². The molecule has 4 heteroatoms. The maximum atomic E-state index is 11.0. The number of rotatable bonds is 3. The molecule has 66 valence electrons. The van der Waals surface area contributed by atoms with E-state index in [4.69, 9.17) is 9.15 Å². The standard InChI is InChI=1S/C8H10O4/c1-10-3-6-4-12-5-7(6)8(9)11-2/h4-5H,3H2,1-2H3. The molecule has 0 radical (unpaired) electrons. The Morgan fingerprint density at radius 2 is 2.25 bits per heavy atom. The van der Waals surface area contributed by atoms with Crippen molar-refractivity contribution in [2.45, 2.75) is 6.61 Å². The molecule has 12 heavy (non-hydrogen) atoms. The molecule has 1 rings (SSSR count). The van der Waals surface area contributed by atoms with Gasteiger partial charge in [0.25, 0.3) is 0 Å². The monoisotopic (exact) mass is 170 g/mol. The second kappa shape index (κ2) is 3.92. The first-order valence-corrected chi connectivity index (χ1v) is 3.42. The lowest BCUT2D eigenvalue weighted by Gasteiger charge is -1.98. The number of carbonyl (C=O) groups is 1. The fourth-order valence-electron chi connectivity index (χ4n) is 0.880. The van der Waals surface area contributed by atoms with Crippen molar-refractivity contribution in [2.75, 3.05) is 14.2 Å².